The monoisotopic (exact) mass is 403 g/mol. The van der Waals surface area contributed by atoms with Gasteiger partial charge in [0, 0.05) is 5.69 Å². The summed E-state index contributed by atoms with van der Waals surface area (Å²) in [5.41, 5.74) is -0.234. The summed E-state index contributed by atoms with van der Waals surface area (Å²) in [5.74, 6) is -1.88. The molecule has 1 N–H and O–H groups in total. The molecule has 0 saturated heterocycles. The maximum atomic E-state index is 12.7. The van der Waals surface area contributed by atoms with Gasteiger partial charge in [0.1, 0.15) is 0 Å². The number of carbonyl (C=O) groups is 2. The molecular formula is C21H16F3NO4. The smallest absolute Gasteiger partial charge is 0.416 e. The summed E-state index contributed by atoms with van der Waals surface area (Å²) in [6.07, 6.45) is -3.20. The number of alkyl halides is 3. The summed E-state index contributed by atoms with van der Waals surface area (Å²) in [6, 6.07) is 12.9. The summed E-state index contributed by atoms with van der Waals surface area (Å²) < 4.78 is 48.5. The largest absolute Gasteiger partial charge is 0.462 e. The molecule has 2 aromatic rings. The van der Waals surface area contributed by atoms with E-state index < -0.39 is 23.5 Å². The van der Waals surface area contributed by atoms with Gasteiger partial charge in [0.15, 0.2) is 11.3 Å². The number of Topliss-reactive ketones (excluding diaryl/α,β-unsaturated/α-hetero) is 1. The van der Waals surface area contributed by atoms with Crippen molar-refractivity contribution in [3.05, 3.63) is 82.9 Å². The van der Waals surface area contributed by atoms with Gasteiger partial charge in [-0.2, -0.15) is 13.2 Å². The van der Waals surface area contributed by atoms with Gasteiger partial charge in [-0.15, -0.1) is 0 Å². The van der Waals surface area contributed by atoms with Gasteiger partial charge in [-0.05, 0) is 42.8 Å². The highest BCUT2D eigenvalue weighted by molar-refractivity contribution is 6.26. The number of hydrogen-bond donors (Lipinski definition) is 1. The summed E-state index contributed by atoms with van der Waals surface area (Å²) in [5, 5.41) is 2.85. The molecule has 0 amide bonds. The Balaban J connectivity index is 1.90. The lowest BCUT2D eigenvalue weighted by molar-refractivity contribution is -0.140. The minimum atomic E-state index is -4.46. The zero-order chi connectivity index (χ0) is 21.0. The number of rotatable bonds is 5. The Hall–Kier alpha value is -3.55. The molecule has 0 radical (unpaired) electrons. The molecule has 0 unspecified atom stereocenters. The number of benzene rings is 2. The number of nitrogens with one attached hydrogen (secondary N) is 1. The third-order valence-corrected chi connectivity index (χ3v) is 3.94. The fraction of sp³-hybridized carbons (Fsp3) is 0.143. The van der Waals surface area contributed by atoms with E-state index in [1.165, 1.54) is 18.2 Å². The van der Waals surface area contributed by atoms with E-state index in [2.05, 4.69) is 5.32 Å². The first-order valence-electron chi connectivity index (χ1n) is 8.64. The van der Waals surface area contributed by atoms with Crippen LogP contribution in [0.25, 0.3) is 6.08 Å². The summed E-state index contributed by atoms with van der Waals surface area (Å²) in [4.78, 5) is 24.9. The van der Waals surface area contributed by atoms with Gasteiger partial charge in [0.2, 0.25) is 11.7 Å². The Kier molecular flexibility index (Phi) is 5.72. The molecule has 0 aliphatic carbocycles. The van der Waals surface area contributed by atoms with Gasteiger partial charge in [-0.25, -0.2) is 4.79 Å². The van der Waals surface area contributed by atoms with Gasteiger partial charge < -0.3 is 14.8 Å². The van der Waals surface area contributed by atoms with Crippen LogP contribution in [0.4, 0.5) is 18.9 Å². The molecular weight excluding hydrogens is 387 g/mol. The Bertz CT molecular complexity index is 977. The zero-order valence-corrected chi connectivity index (χ0v) is 15.2. The van der Waals surface area contributed by atoms with Crippen LogP contribution in [0.5, 0.6) is 0 Å². The minimum absolute atomic E-state index is 0.0617. The van der Waals surface area contributed by atoms with Gasteiger partial charge >= 0.3 is 12.1 Å². The number of carbonyl (C=O) groups excluding carboxylic acids is 2. The molecule has 2 aromatic carbocycles. The van der Waals surface area contributed by atoms with Gasteiger partial charge in [-0.1, -0.05) is 30.3 Å². The molecule has 0 saturated carbocycles. The van der Waals surface area contributed by atoms with E-state index in [9.17, 15) is 22.8 Å². The molecule has 3 rings (SSSR count). The fourth-order valence-electron chi connectivity index (χ4n) is 2.58. The van der Waals surface area contributed by atoms with Crippen LogP contribution in [-0.2, 0) is 25.2 Å². The van der Waals surface area contributed by atoms with E-state index in [0.717, 1.165) is 12.1 Å². The summed E-state index contributed by atoms with van der Waals surface area (Å²) in [6.45, 7) is 1.66. The van der Waals surface area contributed by atoms with Gasteiger partial charge in [-0.3, -0.25) is 4.79 Å². The SMILES string of the molecule is CCOC(=O)C1=C(Nc2ccccc2)O/C(=C\c2ccc(C(F)(F)F)cc2)C1=O. The average Bonchev–Trinajstić information content (AvgIpc) is 2.97. The van der Waals surface area contributed by atoms with Crippen molar-refractivity contribution in [3.63, 3.8) is 0 Å². The average molecular weight is 403 g/mol. The lowest BCUT2D eigenvalue weighted by atomic mass is 10.1. The fourth-order valence-corrected chi connectivity index (χ4v) is 2.58. The molecule has 0 bridgehead atoms. The number of para-hydroxylation sites is 1. The molecule has 0 spiro atoms. The van der Waals surface area contributed by atoms with Crippen LogP contribution in [0.15, 0.2) is 71.8 Å². The molecule has 8 heteroatoms. The normalized spacial score (nSPS) is 15.4. The van der Waals surface area contributed by atoms with Crippen LogP contribution in [0.2, 0.25) is 0 Å². The van der Waals surface area contributed by atoms with Gasteiger partial charge in [0.05, 0.1) is 12.2 Å². The van der Waals surface area contributed by atoms with Crippen molar-refractivity contribution in [1.29, 1.82) is 0 Å². The highest BCUT2D eigenvalue weighted by Crippen LogP contribution is 2.31. The van der Waals surface area contributed by atoms with Crippen molar-refractivity contribution < 1.29 is 32.2 Å². The Labute approximate surface area is 164 Å². The Morgan fingerprint density at radius 1 is 1.10 bits per heavy atom. The Morgan fingerprint density at radius 3 is 2.34 bits per heavy atom. The number of ether oxygens (including phenoxy) is 2. The van der Waals surface area contributed by atoms with Crippen molar-refractivity contribution >= 4 is 23.5 Å². The van der Waals surface area contributed by atoms with Crippen LogP contribution < -0.4 is 5.32 Å². The lowest BCUT2D eigenvalue weighted by Crippen LogP contribution is -2.16. The standard InChI is InChI=1S/C21H16F3NO4/c1-2-28-20(27)17-18(26)16(29-19(17)25-15-6-4-3-5-7-15)12-13-8-10-14(11-9-13)21(22,23)24/h3-12,25H,2H2,1H3/b16-12-. The first kappa shape index (κ1) is 20.2. The number of anilines is 1. The van der Waals surface area contributed by atoms with Crippen LogP contribution in [0.1, 0.15) is 18.1 Å². The predicted molar refractivity (Wildman–Crippen MR) is 99.2 cm³/mol. The quantitative estimate of drug-likeness (QED) is 0.451. The lowest BCUT2D eigenvalue weighted by Gasteiger charge is -2.08. The third-order valence-electron chi connectivity index (χ3n) is 3.94. The number of esters is 1. The highest BCUT2D eigenvalue weighted by atomic mass is 19.4. The number of allylic oxidation sites excluding steroid dienone is 1. The van der Waals surface area contributed by atoms with Crippen LogP contribution in [0.3, 0.4) is 0 Å². The van der Waals surface area contributed by atoms with Gasteiger partial charge in [0.25, 0.3) is 0 Å². The third kappa shape index (κ3) is 4.66. The van der Waals surface area contributed by atoms with Crippen LogP contribution in [0, 0.1) is 0 Å². The molecule has 0 aromatic heterocycles. The molecule has 1 heterocycles. The second-order valence-electron chi connectivity index (χ2n) is 5.98. The Morgan fingerprint density at radius 2 is 1.76 bits per heavy atom. The molecule has 0 atom stereocenters. The topological polar surface area (TPSA) is 64.6 Å². The first-order valence-corrected chi connectivity index (χ1v) is 8.64. The molecule has 150 valence electrons. The summed E-state index contributed by atoms with van der Waals surface area (Å²) in [7, 11) is 0. The van der Waals surface area contributed by atoms with Crippen LogP contribution >= 0.6 is 0 Å². The van der Waals surface area contributed by atoms with E-state index in [4.69, 9.17) is 9.47 Å². The molecule has 1 aliphatic rings. The minimum Gasteiger partial charge on any atom is -0.462 e. The number of ketones is 1. The number of halogens is 3. The summed E-state index contributed by atoms with van der Waals surface area (Å²) >= 11 is 0. The van der Waals surface area contributed by atoms with Crippen molar-refractivity contribution in [2.24, 2.45) is 0 Å². The molecule has 0 fully saturated rings. The zero-order valence-electron chi connectivity index (χ0n) is 15.2. The predicted octanol–water partition coefficient (Wildman–Crippen LogP) is 4.53. The number of hydrogen-bond acceptors (Lipinski definition) is 5. The second kappa shape index (κ2) is 8.22. The van der Waals surface area contributed by atoms with E-state index in [1.54, 1.807) is 37.3 Å². The molecule has 5 nitrogen and oxygen atoms in total. The first-order chi connectivity index (χ1) is 13.8. The maximum absolute atomic E-state index is 12.7. The van der Waals surface area contributed by atoms with Crippen molar-refractivity contribution in [1.82, 2.24) is 0 Å². The van der Waals surface area contributed by atoms with Crippen LogP contribution in [-0.4, -0.2) is 18.4 Å². The van der Waals surface area contributed by atoms with Crippen molar-refractivity contribution in [2.45, 2.75) is 13.1 Å². The molecule has 29 heavy (non-hydrogen) atoms. The second-order valence-corrected chi connectivity index (χ2v) is 5.98. The van der Waals surface area contributed by atoms with E-state index in [1.807, 2.05) is 0 Å². The van der Waals surface area contributed by atoms with E-state index in [0.29, 0.717) is 11.3 Å². The maximum Gasteiger partial charge on any atom is 0.416 e. The molecule has 1 aliphatic heterocycles. The van der Waals surface area contributed by atoms with Crippen molar-refractivity contribution in [3.8, 4) is 0 Å². The van der Waals surface area contributed by atoms with Crippen molar-refractivity contribution in [2.75, 3.05) is 11.9 Å². The highest BCUT2D eigenvalue weighted by Gasteiger charge is 2.37. The van der Waals surface area contributed by atoms with E-state index >= 15 is 0 Å². The van der Waals surface area contributed by atoms with E-state index in [-0.39, 0.29) is 23.8 Å².